The van der Waals surface area contributed by atoms with Crippen LogP contribution < -0.4 is 5.73 Å². The molecule has 1 aliphatic carbocycles. The first-order chi connectivity index (χ1) is 7.75. The lowest BCUT2D eigenvalue weighted by Gasteiger charge is -2.08. The molecule has 0 atom stereocenters. The zero-order chi connectivity index (χ0) is 11.1. The maximum Gasteiger partial charge on any atom is 0.116 e. The molecule has 0 spiro atoms. The second-order valence-electron chi connectivity index (χ2n) is 4.75. The van der Waals surface area contributed by atoms with Gasteiger partial charge in [-0.1, -0.05) is 12.8 Å². The van der Waals surface area contributed by atoms with E-state index >= 15 is 0 Å². The van der Waals surface area contributed by atoms with Gasteiger partial charge in [-0.25, -0.2) is 4.98 Å². The molecule has 0 aromatic carbocycles. The van der Waals surface area contributed by atoms with E-state index in [0.29, 0.717) is 5.92 Å². The smallest absolute Gasteiger partial charge is 0.116 e. The zero-order valence-corrected chi connectivity index (χ0v) is 9.61. The third kappa shape index (κ3) is 1.39. The van der Waals surface area contributed by atoms with Crippen LogP contribution in [0.2, 0.25) is 0 Å². The number of imidazole rings is 1. The molecular formula is C13H17N3. The first-order valence-electron chi connectivity index (χ1n) is 6.00. The van der Waals surface area contributed by atoms with Crippen molar-refractivity contribution < 1.29 is 0 Å². The number of nitrogens with two attached hydrogens (primary N) is 1. The summed E-state index contributed by atoms with van der Waals surface area (Å²) < 4.78 is 2.18. The van der Waals surface area contributed by atoms with E-state index < -0.39 is 0 Å². The molecule has 3 rings (SSSR count). The molecule has 2 heterocycles. The molecule has 0 saturated heterocycles. The number of rotatable bonds is 1. The summed E-state index contributed by atoms with van der Waals surface area (Å²) in [5.74, 6) is 1.83. The SMILES string of the molecule is Cc1nc(C2CCCC2)n2cc(N)ccc12. The normalized spacial score (nSPS) is 17.3. The second-order valence-corrected chi connectivity index (χ2v) is 4.75. The third-order valence-electron chi connectivity index (χ3n) is 3.59. The number of aryl methyl sites for hydroxylation is 1. The number of aromatic nitrogens is 2. The molecule has 0 bridgehead atoms. The van der Waals surface area contributed by atoms with E-state index in [1.807, 2.05) is 12.3 Å². The summed E-state index contributed by atoms with van der Waals surface area (Å²) in [7, 11) is 0. The highest BCUT2D eigenvalue weighted by Gasteiger charge is 2.22. The first kappa shape index (κ1) is 9.70. The lowest BCUT2D eigenvalue weighted by atomic mass is 10.1. The Morgan fingerprint density at radius 1 is 1.31 bits per heavy atom. The number of pyridine rings is 1. The fourth-order valence-electron chi connectivity index (χ4n) is 2.76. The summed E-state index contributed by atoms with van der Waals surface area (Å²) in [5, 5.41) is 0. The Hall–Kier alpha value is -1.51. The highest BCUT2D eigenvalue weighted by Crippen LogP contribution is 2.34. The summed E-state index contributed by atoms with van der Waals surface area (Å²) in [6.07, 6.45) is 7.21. The largest absolute Gasteiger partial charge is 0.398 e. The van der Waals surface area contributed by atoms with Crippen LogP contribution >= 0.6 is 0 Å². The summed E-state index contributed by atoms with van der Waals surface area (Å²) in [5.41, 5.74) is 8.97. The van der Waals surface area contributed by atoms with Crippen molar-refractivity contribution in [3.8, 4) is 0 Å². The Kier molecular flexibility index (Phi) is 2.13. The lowest BCUT2D eigenvalue weighted by Crippen LogP contribution is -2.01. The summed E-state index contributed by atoms with van der Waals surface area (Å²) in [4.78, 5) is 4.72. The van der Waals surface area contributed by atoms with Crippen LogP contribution in [0.4, 0.5) is 5.69 Å². The molecule has 0 unspecified atom stereocenters. The van der Waals surface area contributed by atoms with E-state index in [4.69, 9.17) is 10.7 Å². The van der Waals surface area contributed by atoms with Crippen LogP contribution in [0.15, 0.2) is 18.3 Å². The van der Waals surface area contributed by atoms with E-state index in [1.54, 1.807) is 0 Å². The number of nitrogens with zero attached hydrogens (tertiary/aromatic N) is 2. The number of anilines is 1. The molecule has 16 heavy (non-hydrogen) atoms. The van der Waals surface area contributed by atoms with Gasteiger partial charge in [-0.05, 0) is 31.9 Å². The molecule has 0 amide bonds. The van der Waals surface area contributed by atoms with Crippen molar-refractivity contribution in [2.24, 2.45) is 0 Å². The summed E-state index contributed by atoms with van der Waals surface area (Å²) >= 11 is 0. The highest BCUT2D eigenvalue weighted by atomic mass is 15.0. The number of nitrogen functional groups attached to an aromatic ring is 1. The van der Waals surface area contributed by atoms with E-state index in [9.17, 15) is 0 Å². The van der Waals surface area contributed by atoms with Crippen LogP contribution in [-0.2, 0) is 0 Å². The second kappa shape index (κ2) is 3.51. The van der Waals surface area contributed by atoms with E-state index in [1.165, 1.54) is 37.0 Å². The molecule has 1 fully saturated rings. The predicted octanol–water partition coefficient (Wildman–Crippen LogP) is 2.88. The van der Waals surface area contributed by atoms with Crippen molar-refractivity contribution in [1.82, 2.24) is 9.38 Å². The van der Waals surface area contributed by atoms with Crippen molar-refractivity contribution >= 4 is 11.2 Å². The van der Waals surface area contributed by atoms with Crippen LogP contribution in [-0.4, -0.2) is 9.38 Å². The Morgan fingerprint density at radius 3 is 2.81 bits per heavy atom. The van der Waals surface area contributed by atoms with Crippen molar-refractivity contribution in [2.45, 2.75) is 38.5 Å². The van der Waals surface area contributed by atoms with Crippen molar-refractivity contribution in [1.29, 1.82) is 0 Å². The highest BCUT2D eigenvalue weighted by molar-refractivity contribution is 5.57. The van der Waals surface area contributed by atoms with Gasteiger partial charge in [0, 0.05) is 17.8 Å². The topological polar surface area (TPSA) is 43.3 Å². The molecule has 3 nitrogen and oxygen atoms in total. The fourth-order valence-corrected chi connectivity index (χ4v) is 2.76. The number of hydrogen-bond donors (Lipinski definition) is 1. The van der Waals surface area contributed by atoms with Crippen molar-refractivity contribution in [3.63, 3.8) is 0 Å². The number of hydrogen-bond acceptors (Lipinski definition) is 2. The van der Waals surface area contributed by atoms with Gasteiger partial charge in [-0.2, -0.15) is 0 Å². The molecule has 0 radical (unpaired) electrons. The standard InChI is InChI=1S/C13H17N3/c1-9-12-7-6-11(14)8-16(12)13(15-9)10-4-2-3-5-10/h6-8,10H,2-5,14H2,1H3. The van der Waals surface area contributed by atoms with Crippen LogP contribution in [0.3, 0.4) is 0 Å². The van der Waals surface area contributed by atoms with Crippen LogP contribution in [0.25, 0.3) is 5.52 Å². The molecule has 2 aromatic rings. The Bertz CT molecular complexity index is 521. The molecule has 3 heteroatoms. The van der Waals surface area contributed by atoms with Crippen molar-refractivity contribution in [3.05, 3.63) is 29.8 Å². The van der Waals surface area contributed by atoms with Crippen LogP contribution in [0, 0.1) is 6.92 Å². The fraction of sp³-hybridized carbons (Fsp3) is 0.462. The molecule has 84 valence electrons. The third-order valence-corrected chi connectivity index (χ3v) is 3.59. The summed E-state index contributed by atoms with van der Waals surface area (Å²) in [6.45, 7) is 2.07. The van der Waals surface area contributed by atoms with Crippen LogP contribution in [0.1, 0.15) is 43.1 Å². The van der Waals surface area contributed by atoms with Gasteiger partial charge < -0.3 is 10.1 Å². The Balaban J connectivity index is 2.19. The minimum Gasteiger partial charge on any atom is -0.398 e. The monoisotopic (exact) mass is 215 g/mol. The minimum atomic E-state index is 0.628. The molecular weight excluding hydrogens is 198 g/mol. The molecule has 1 aliphatic rings. The van der Waals surface area contributed by atoms with E-state index in [0.717, 1.165) is 11.4 Å². The predicted molar refractivity (Wildman–Crippen MR) is 65.6 cm³/mol. The van der Waals surface area contributed by atoms with Gasteiger partial charge >= 0.3 is 0 Å². The first-order valence-corrected chi connectivity index (χ1v) is 6.00. The zero-order valence-electron chi connectivity index (χ0n) is 9.61. The van der Waals surface area contributed by atoms with Gasteiger partial charge in [0.25, 0.3) is 0 Å². The van der Waals surface area contributed by atoms with Gasteiger partial charge in [0.2, 0.25) is 0 Å². The average molecular weight is 215 g/mol. The van der Waals surface area contributed by atoms with E-state index in [-0.39, 0.29) is 0 Å². The molecule has 2 N–H and O–H groups in total. The van der Waals surface area contributed by atoms with Crippen molar-refractivity contribution in [2.75, 3.05) is 5.73 Å². The average Bonchev–Trinajstić information content (AvgIpc) is 2.86. The maximum absolute atomic E-state index is 5.85. The Labute approximate surface area is 95.3 Å². The van der Waals surface area contributed by atoms with Gasteiger partial charge in [0.05, 0.1) is 11.2 Å². The minimum absolute atomic E-state index is 0.628. The van der Waals surface area contributed by atoms with E-state index in [2.05, 4.69) is 17.4 Å². The van der Waals surface area contributed by atoms with Gasteiger partial charge in [-0.15, -0.1) is 0 Å². The quantitative estimate of drug-likeness (QED) is 0.794. The van der Waals surface area contributed by atoms with Gasteiger partial charge in [-0.3, -0.25) is 0 Å². The van der Waals surface area contributed by atoms with Gasteiger partial charge in [0.1, 0.15) is 5.82 Å². The van der Waals surface area contributed by atoms with Gasteiger partial charge in [0.15, 0.2) is 0 Å². The summed E-state index contributed by atoms with van der Waals surface area (Å²) in [6, 6.07) is 4.01. The lowest BCUT2D eigenvalue weighted by molar-refractivity contribution is 0.664. The molecule has 0 aliphatic heterocycles. The molecule has 1 saturated carbocycles. The Morgan fingerprint density at radius 2 is 2.06 bits per heavy atom. The number of fused-ring (bicyclic) bond motifs is 1. The molecule has 2 aromatic heterocycles. The maximum atomic E-state index is 5.85. The van der Waals surface area contributed by atoms with Crippen LogP contribution in [0.5, 0.6) is 0 Å².